The SMILES string of the molecule is Cn1ncc2c3ccccc3n(CCCC(=O)NCc3cccc(Br)c3)c2c1=O. The van der Waals surface area contributed by atoms with Crippen LogP contribution in [0.15, 0.2) is 64.0 Å². The van der Waals surface area contributed by atoms with Gasteiger partial charge in [-0.2, -0.15) is 5.10 Å². The van der Waals surface area contributed by atoms with Crippen molar-refractivity contribution in [2.75, 3.05) is 0 Å². The van der Waals surface area contributed by atoms with Gasteiger partial charge in [0, 0.05) is 47.3 Å². The maximum atomic E-state index is 12.7. The number of halogens is 1. The molecule has 29 heavy (non-hydrogen) atoms. The lowest BCUT2D eigenvalue weighted by Crippen LogP contribution is -2.23. The van der Waals surface area contributed by atoms with Crippen LogP contribution in [0.5, 0.6) is 0 Å². The van der Waals surface area contributed by atoms with Gasteiger partial charge in [-0.15, -0.1) is 0 Å². The van der Waals surface area contributed by atoms with Crippen LogP contribution in [-0.4, -0.2) is 20.3 Å². The quantitative estimate of drug-likeness (QED) is 0.484. The summed E-state index contributed by atoms with van der Waals surface area (Å²) in [6.45, 7) is 1.09. The van der Waals surface area contributed by atoms with Gasteiger partial charge in [0.1, 0.15) is 5.52 Å². The van der Waals surface area contributed by atoms with E-state index in [9.17, 15) is 9.59 Å². The van der Waals surface area contributed by atoms with Crippen molar-refractivity contribution in [3.63, 3.8) is 0 Å². The van der Waals surface area contributed by atoms with E-state index in [4.69, 9.17) is 0 Å². The van der Waals surface area contributed by atoms with Crippen molar-refractivity contribution >= 4 is 43.6 Å². The number of fused-ring (bicyclic) bond motifs is 3. The Kier molecular flexibility index (Phi) is 5.49. The number of hydrogen-bond donors (Lipinski definition) is 1. The van der Waals surface area contributed by atoms with Gasteiger partial charge in [-0.05, 0) is 30.2 Å². The van der Waals surface area contributed by atoms with Gasteiger partial charge in [-0.25, -0.2) is 4.68 Å². The van der Waals surface area contributed by atoms with Gasteiger partial charge >= 0.3 is 0 Å². The van der Waals surface area contributed by atoms with E-state index in [0.717, 1.165) is 26.3 Å². The number of benzene rings is 2. The molecule has 0 aliphatic rings. The van der Waals surface area contributed by atoms with E-state index >= 15 is 0 Å². The number of hydrogen-bond acceptors (Lipinski definition) is 3. The molecule has 6 nitrogen and oxygen atoms in total. The highest BCUT2D eigenvalue weighted by atomic mass is 79.9. The predicted octanol–water partition coefficient (Wildman–Crippen LogP) is 3.75. The van der Waals surface area contributed by atoms with Gasteiger partial charge in [0.25, 0.3) is 5.56 Å². The van der Waals surface area contributed by atoms with E-state index in [1.807, 2.05) is 53.1 Å². The predicted molar refractivity (Wildman–Crippen MR) is 118 cm³/mol. The first-order valence-electron chi connectivity index (χ1n) is 9.49. The normalized spacial score (nSPS) is 11.2. The first kappa shape index (κ1) is 19.4. The molecule has 0 saturated carbocycles. The minimum Gasteiger partial charge on any atom is -0.352 e. The van der Waals surface area contributed by atoms with E-state index < -0.39 is 0 Å². The summed E-state index contributed by atoms with van der Waals surface area (Å²) < 4.78 is 4.35. The van der Waals surface area contributed by atoms with E-state index in [0.29, 0.717) is 31.4 Å². The number of nitrogens with zero attached hydrogens (tertiary/aromatic N) is 3. The number of aryl methyl sites for hydroxylation is 2. The zero-order valence-electron chi connectivity index (χ0n) is 16.1. The van der Waals surface area contributed by atoms with Crippen molar-refractivity contribution in [3.05, 3.63) is 75.1 Å². The molecular weight excluding hydrogens is 432 g/mol. The first-order chi connectivity index (χ1) is 14.0. The Hall–Kier alpha value is -2.93. The van der Waals surface area contributed by atoms with Crippen LogP contribution < -0.4 is 10.9 Å². The molecule has 7 heteroatoms. The molecule has 0 radical (unpaired) electrons. The molecule has 0 aliphatic carbocycles. The molecule has 0 saturated heterocycles. The second kappa shape index (κ2) is 8.21. The van der Waals surface area contributed by atoms with Crippen LogP contribution in [0.25, 0.3) is 21.8 Å². The van der Waals surface area contributed by atoms with Crippen LogP contribution in [0, 0.1) is 0 Å². The van der Waals surface area contributed by atoms with Crippen LogP contribution in [-0.2, 0) is 24.9 Å². The Morgan fingerprint density at radius 3 is 2.79 bits per heavy atom. The fraction of sp³-hybridized carbons (Fsp3) is 0.227. The molecule has 1 N–H and O–H groups in total. The van der Waals surface area contributed by atoms with Crippen molar-refractivity contribution < 1.29 is 4.79 Å². The number of aromatic nitrogens is 3. The molecule has 0 bridgehead atoms. The number of nitrogens with one attached hydrogen (secondary N) is 1. The molecule has 0 fully saturated rings. The molecule has 0 aliphatic heterocycles. The number of amides is 1. The second-order valence-corrected chi connectivity index (χ2v) is 7.93. The van der Waals surface area contributed by atoms with Crippen molar-refractivity contribution in [1.29, 1.82) is 0 Å². The maximum Gasteiger partial charge on any atom is 0.291 e. The average molecular weight is 453 g/mol. The molecule has 2 aromatic heterocycles. The lowest BCUT2D eigenvalue weighted by Gasteiger charge is -2.09. The number of carbonyl (C=O) groups excluding carboxylic acids is 1. The summed E-state index contributed by atoms with van der Waals surface area (Å²) >= 11 is 3.44. The molecule has 0 atom stereocenters. The molecule has 1 amide bonds. The van der Waals surface area contributed by atoms with Crippen LogP contribution in [0.1, 0.15) is 18.4 Å². The van der Waals surface area contributed by atoms with Crippen molar-refractivity contribution in [2.24, 2.45) is 7.05 Å². The standard InChI is InChI=1S/C22H21BrN4O2/c1-26-22(29)21-18(14-25-26)17-8-2-3-9-19(17)27(21)11-5-10-20(28)24-13-15-6-4-7-16(23)12-15/h2-4,6-9,12,14H,5,10-11,13H2,1H3,(H,24,28). The molecular formula is C22H21BrN4O2. The highest BCUT2D eigenvalue weighted by Crippen LogP contribution is 2.26. The summed E-state index contributed by atoms with van der Waals surface area (Å²) in [5.41, 5.74) is 2.55. The van der Waals surface area contributed by atoms with Crippen molar-refractivity contribution in [1.82, 2.24) is 19.7 Å². The molecule has 2 heterocycles. The van der Waals surface area contributed by atoms with Crippen LogP contribution in [0.4, 0.5) is 0 Å². The van der Waals surface area contributed by atoms with Gasteiger partial charge in [0.05, 0.1) is 6.20 Å². The third-order valence-electron chi connectivity index (χ3n) is 5.03. The third-order valence-corrected chi connectivity index (χ3v) is 5.52. The summed E-state index contributed by atoms with van der Waals surface area (Å²) in [7, 11) is 1.65. The van der Waals surface area contributed by atoms with Gasteiger partial charge in [-0.3, -0.25) is 9.59 Å². The molecule has 4 aromatic rings. The van der Waals surface area contributed by atoms with Crippen molar-refractivity contribution in [2.45, 2.75) is 25.9 Å². The van der Waals surface area contributed by atoms with Gasteiger partial charge in [0.15, 0.2) is 0 Å². The summed E-state index contributed by atoms with van der Waals surface area (Å²) in [6.07, 6.45) is 2.78. The van der Waals surface area contributed by atoms with Crippen LogP contribution in [0.3, 0.4) is 0 Å². The molecule has 0 spiro atoms. The Morgan fingerprint density at radius 2 is 1.97 bits per heavy atom. The topological polar surface area (TPSA) is 68.9 Å². The summed E-state index contributed by atoms with van der Waals surface area (Å²) in [4.78, 5) is 25.0. The van der Waals surface area contributed by atoms with E-state index in [1.54, 1.807) is 13.2 Å². The zero-order valence-corrected chi connectivity index (χ0v) is 17.6. The lowest BCUT2D eigenvalue weighted by atomic mass is 10.2. The molecule has 148 valence electrons. The minimum absolute atomic E-state index is 0.000289. The molecule has 4 rings (SSSR count). The Labute approximate surface area is 176 Å². The Bertz CT molecular complexity index is 1260. The fourth-order valence-electron chi connectivity index (χ4n) is 3.61. The summed E-state index contributed by atoms with van der Waals surface area (Å²) in [5, 5.41) is 8.97. The van der Waals surface area contributed by atoms with Crippen LogP contribution >= 0.6 is 15.9 Å². The second-order valence-electron chi connectivity index (χ2n) is 7.01. The van der Waals surface area contributed by atoms with Gasteiger partial charge < -0.3 is 9.88 Å². The molecule has 2 aromatic carbocycles. The average Bonchev–Trinajstić information content (AvgIpc) is 3.04. The Morgan fingerprint density at radius 1 is 1.14 bits per heavy atom. The highest BCUT2D eigenvalue weighted by Gasteiger charge is 2.15. The number of para-hydroxylation sites is 1. The van der Waals surface area contributed by atoms with E-state index in [2.05, 4.69) is 26.3 Å². The molecule has 0 unspecified atom stereocenters. The zero-order chi connectivity index (χ0) is 20.4. The number of rotatable bonds is 6. The van der Waals surface area contributed by atoms with Gasteiger partial charge in [-0.1, -0.05) is 46.3 Å². The van der Waals surface area contributed by atoms with E-state index in [-0.39, 0.29) is 11.5 Å². The summed E-state index contributed by atoms with van der Waals surface area (Å²) in [5.74, 6) is 0.000289. The lowest BCUT2D eigenvalue weighted by molar-refractivity contribution is -0.121. The number of carbonyl (C=O) groups is 1. The highest BCUT2D eigenvalue weighted by molar-refractivity contribution is 9.10. The first-order valence-corrected chi connectivity index (χ1v) is 10.3. The third kappa shape index (κ3) is 3.96. The maximum absolute atomic E-state index is 12.7. The fourth-order valence-corrected chi connectivity index (χ4v) is 4.05. The largest absolute Gasteiger partial charge is 0.352 e. The smallest absolute Gasteiger partial charge is 0.291 e. The van der Waals surface area contributed by atoms with E-state index in [1.165, 1.54) is 4.68 Å². The monoisotopic (exact) mass is 452 g/mol. The van der Waals surface area contributed by atoms with Crippen LogP contribution in [0.2, 0.25) is 0 Å². The minimum atomic E-state index is -0.127. The Balaban J connectivity index is 1.48. The van der Waals surface area contributed by atoms with Gasteiger partial charge in [0.2, 0.25) is 5.91 Å². The summed E-state index contributed by atoms with van der Waals surface area (Å²) in [6, 6.07) is 15.8. The van der Waals surface area contributed by atoms with Crippen molar-refractivity contribution in [3.8, 4) is 0 Å².